The van der Waals surface area contributed by atoms with E-state index in [9.17, 15) is 4.79 Å². The maximum atomic E-state index is 12.2. The van der Waals surface area contributed by atoms with E-state index in [0.29, 0.717) is 24.6 Å². The van der Waals surface area contributed by atoms with Crippen molar-refractivity contribution in [3.8, 4) is 0 Å². The summed E-state index contributed by atoms with van der Waals surface area (Å²) in [6, 6.07) is 9.40. The molecule has 0 unspecified atom stereocenters. The number of amidine groups is 1. The molecule has 2 aliphatic heterocycles. The highest BCUT2D eigenvalue weighted by Gasteiger charge is 2.30. The van der Waals surface area contributed by atoms with Crippen molar-refractivity contribution in [3.05, 3.63) is 54.0 Å². The minimum Gasteiger partial charge on any atom is -0.472 e. The van der Waals surface area contributed by atoms with Gasteiger partial charge in [-0.2, -0.15) is 0 Å². The van der Waals surface area contributed by atoms with Crippen molar-refractivity contribution in [2.45, 2.75) is 0 Å². The molecule has 6 nitrogen and oxygen atoms in total. The van der Waals surface area contributed by atoms with Crippen LogP contribution in [0, 0.1) is 0 Å². The van der Waals surface area contributed by atoms with E-state index < -0.39 is 0 Å². The van der Waals surface area contributed by atoms with Gasteiger partial charge in [-0.15, -0.1) is 0 Å². The number of amides is 1. The number of hydrogen-bond acceptors (Lipinski definition) is 5. The van der Waals surface area contributed by atoms with E-state index in [0.717, 1.165) is 17.1 Å². The normalized spacial score (nSPS) is 15.9. The quantitative estimate of drug-likeness (QED) is 0.865. The van der Waals surface area contributed by atoms with Gasteiger partial charge in [0.2, 0.25) is 5.96 Å². The van der Waals surface area contributed by atoms with Crippen LogP contribution in [0.25, 0.3) is 0 Å². The van der Waals surface area contributed by atoms with Crippen LogP contribution in [0.3, 0.4) is 0 Å². The molecule has 0 saturated heterocycles. The molecule has 0 aliphatic carbocycles. The molecule has 0 atom stereocenters. The first-order chi connectivity index (χ1) is 10.3. The van der Waals surface area contributed by atoms with Gasteiger partial charge in [-0.3, -0.25) is 20.0 Å². The van der Waals surface area contributed by atoms with Crippen molar-refractivity contribution in [2.24, 2.45) is 9.98 Å². The lowest BCUT2D eigenvalue weighted by atomic mass is 10.1. The lowest BCUT2D eigenvalue weighted by Crippen LogP contribution is -2.47. The Bertz CT molecular complexity index is 762. The van der Waals surface area contributed by atoms with Crippen molar-refractivity contribution >= 4 is 23.4 Å². The second kappa shape index (κ2) is 4.59. The summed E-state index contributed by atoms with van der Waals surface area (Å²) in [5, 5.41) is 2.83. The van der Waals surface area contributed by atoms with Gasteiger partial charge in [-0.25, -0.2) is 4.99 Å². The first-order valence-corrected chi connectivity index (χ1v) is 6.66. The molecule has 4 rings (SSSR count). The number of nitrogens with zero attached hydrogens (tertiary/aromatic N) is 3. The lowest BCUT2D eigenvalue weighted by molar-refractivity contribution is 0.0973. The Balaban J connectivity index is 1.71. The Morgan fingerprint density at radius 1 is 1.29 bits per heavy atom. The van der Waals surface area contributed by atoms with Crippen LogP contribution in [-0.2, 0) is 0 Å². The number of hydrogen-bond donors (Lipinski definition) is 1. The lowest BCUT2D eigenvalue weighted by Gasteiger charge is -2.27. The summed E-state index contributed by atoms with van der Waals surface area (Å²) >= 11 is 0. The van der Waals surface area contributed by atoms with Gasteiger partial charge in [0, 0.05) is 12.1 Å². The maximum Gasteiger partial charge on any atom is 0.261 e. The fourth-order valence-corrected chi connectivity index (χ4v) is 2.48. The van der Waals surface area contributed by atoms with Gasteiger partial charge in [0.05, 0.1) is 24.1 Å². The van der Waals surface area contributed by atoms with Crippen LogP contribution in [0.5, 0.6) is 0 Å². The highest BCUT2D eigenvalue weighted by molar-refractivity contribution is 6.19. The SMILES string of the molecule is O=C(NC1=Nc2ccccc2C2=NCCN12)c1ccoc1. The van der Waals surface area contributed by atoms with Crippen LogP contribution in [0.15, 0.2) is 57.3 Å². The first-order valence-electron chi connectivity index (χ1n) is 6.66. The number of para-hydroxylation sites is 1. The molecule has 1 amide bonds. The number of carbonyl (C=O) groups is 1. The molecular weight excluding hydrogens is 268 g/mol. The molecule has 21 heavy (non-hydrogen) atoms. The minimum atomic E-state index is -0.242. The average molecular weight is 280 g/mol. The van der Waals surface area contributed by atoms with Gasteiger partial charge < -0.3 is 4.42 Å². The van der Waals surface area contributed by atoms with Gasteiger partial charge >= 0.3 is 0 Å². The molecule has 1 N–H and O–H groups in total. The molecule has 1 aromatic heterocycles. The van der Waals surface area contributed by atoms with Gasteiger partial charge in [0.15, 0.2) is 0 Å². The number of aliphatic imine (C=N–C) groups is 2. The van der Waals surface area contributed by atoms with Crippen molar-refractivity contribution in [1.82, 2.24) is 10.2 Å². The molecule has 104 valence electrons. The average Bonchev–Trinajstić information content (AvgIpc) is 3.19. The number of furan rings is 1. The van der Waals surface area contributed by atoms with Crippen molar-refractivity contribution in [2.75, 3.05) is 13.1 Å². The molecule has 2 aromatic rings. The third-order valence-electron chi connectivity index (χ3n) is 3.48. The molecule has 2 aliphatic rings. The number of benzene rings is 1. The molecular formula is C15H12N4O2. The Labute approximate surface area is 120 Å². The van der Waals surface area contributed by atoms with Crippen molar-refractivity contribution < 1.29 is 9.21 Å². The fourth-order valence-electron chi connectivity index (χ4n) is 2.48. The predicted octanol–water partition coefficient (Wildman–Crippen LogP) is 1.77. The number of nitrogens with one attached hydrogen (secondary N) is 1. The van der Waals surface area contributed by atoms with Crippen LogP contribution in [0.4, 0.5) is 5.69 Å². The molecule has 0 spiro atoms. The zero-order valence-corrected chi connectivity index (χ0v) is 11.1. The summed E-state index contributed by atoms with van der Waals surface area (Å²) in [6.45, 7) is 1.42. The van der Waals surface area contributed by atoms with Crippen LogP contribution in [-0.4, -0.2) is 35.7 Å². The third-order valence-corrected chi connectivity index (χ3v) is 3.48. The Morgan fingerprint density at radius 3 is 3.05 bits per heavy atom. The van der Waals surface area contributed by atoms with E-state index in [1.807, 2.05) is 29.2 Å². The molecule has 6 heteroatoms. The number of rotatable bonds is 1. The van der Waals surface area contributed by atoms with E-state index in [-0.39, 0.29) is 5.91 Å². The number of fused-ring (bicyclic) bond motifs is 3. The van der Waals surface area contributed by atoms with Gasteiger partial charge in [-0.1, -0.05) is 12.1 Å². The zero-order valence-electron chi connectivity index (χ0n) is 11.1. The van der Waals surface area contributed by atoms with E-state index in [1.54, 1.807) is 6.07 Å². The largest absolute Gasteiger partial charge is 0.472 e. The molecule has 1 aromatic carbocycles. The van der Waals surface area contributed by atoms with Gasteiger partial charge in [0.25, 0.3) is 5.91 Å². The highest BCUT2D eigenvalue weighted by atomic mass is 16.3. The topological polar surface area (TPSA) is 70.2 Å². The summed E-state index contributed by atoms with van der Waals surface area (Å²) in [4.78, 5) is 23.1. The van der Waals surface area contributed by atoms with Crippen LogP contribution in [0.1, 0.15) is 15.9 Å². The van der Waals surface area contributed by atoms with E-state index in [4.69, 9.17) is 4.42 Å². The minimum absolute atomic E-state index is 0.242. The smallest absolute Gasteiger partial charge is 0.261 e. The van der Waals surface area contributed by atoms with Gasteiger partial charge in [0.1, 0.15) is 12.1 Å². The summed E-state index contributed by atoms with van der Waals surface area (Å²) in [6.07, 6.45) is 2.88. The molecule has 0 fully saturated rings. The summed E-state index contributed by atoms with van der Waals surface area (Å²) in [5.74, 6) is 1.13. The summed E-state index contributed by atoms with van der Waals surface area (Å²) in [5.41, 5.74) is 2.28. The molecule has 0 saturated carbocycles. The molecule has 3 heterocycles. The number of carbonyl (C=O) groups excluding carboxylic acids is 1. The molecule has 0 bridgehead atoms. The van der Waals surface area contributed by atoms with Crippen LogP contribution >= 0.6 is 0 Å². The van der Waals surface area contributed by atoms with E-state index in [2.05, 4.69) is 15.3 Å². The maximum absolute atomic E-state index is 12.2. The van der Waals surface area contributed by atoms with E-state index in [1.165, 1.54) is 12.5 Å². The predicted molar refractivity (Wildman–Crippen MR) is 77.8 cm³/mol. The van der Waals surface area contributed by atoms with Crippen LogP contribution in [0.2, 0.25) is 0 Å². The van der Waals surface area contributed by atoms with Crippen molar-refractivity contribution in [1.29, 1.82) is 0 Å². The zero-order chi connectivity index (χ0) is 14.2. The second-order valence-corrected chi connectivity index (χ2v) is 4.78. The van der Waals surface area contributed by atoms with Gasteiger partial charge in [-0.05, 0) is 18.2 Å². The standard InChI is InChI=1S/C15H12N4O2/c20-14(10-5-8-21-9-10)18-15-17-12-4-2-1-3-11(12)13-16-6-7-19(13)15/h1-5,8-9H,6-7H2,(H,17,18,20). The Kier molecular flexibility index (Phi) is 2.60. The van der Waals surface area contributed by atoms with E-state index >= 15 is 0 Å². The monoisotopic (exact) mass is 280 g/mol. The second-order valence-electron chi connectivity index (χ2n) is 4.78. The van der Waals surface area contributed by atoms with Crippen LogP contribution < -0.4 is 5.32 Å². The Morgan fingerprint density at radius 2 is 2.19 bits per heavy atom. The summed E-state index contributed by atoms with van der Waals surface area (Å²) < 4.78 is 4.93. The van der Waals surface area contributed by atoms with Crippen molar-refractivity contribution in [3.63, 3.8) is 0 Å². The molecule has 0 radical (unpaired) electrons. The fraction of sp³-hybridized carbons (Fsp3) is 0.133. The number of guanidine groups is 1. The highest BCUT2D eigenvalue weighted by Crippen LogP contribution is 2.27. The summed E-state index contributed by atoms with van der Waals surface area (Å²) in [7, 11) is 0. The Hall–Kier alpha value is -2.89. The first kappa shape index (κ1) is 11.9. The third kappa shape index (κ3) is 1.92.